The highest BCUT2D eigenvalue weighted by Gasteiger charge is 2.18. The number of amides is 1. The third-order valence-corrected chi connectivity index (χ3v) is 3.25. The summed E-state index contributed by atoms with van der Waals surface area (Å²) in [5, 5.41) is 3.32. The van der Waals surface area contributed by atoms with Crippen molar-refractivity contribution in [3.63, 3.8) is 0 Å². The van der Waals surface area contributed by atoms with Gasteiger partial charge in [-0.05, 0) is 38.4 Å². The number of carbonyl (C=O) groups is 1. The molecule has 0 aliphatic carbocycles. The smallest absolute Gasteiger partial charge is 0.254 e. The van der Waals surface area contributed by atoms with Gasteiger partial charge in [-0.25, -0.2) is 0 Å². The van der Waals surface area contributed by atoms with Crippen LogP contribution in [0.3, 0.4) is 0 Å². The first kappa shape index (κ1) is 12.1. The molecule has 0 unspecified atom stereocenters. The van der Waals surface area contributed by atoms with Crippen molar-refractivity contribution in [3.05, 3.63) is 34.9 Å². The average molecular weight is 232 g/mol. The van der Waals surface area contributed by atoms with Crippen LogP contribution in [0.25, 0.3) is 0 Å². The van der Waals surface area contributed by atoms with Crippen LogP contribution in [0.1, 0.15) is 27.9 Å². The van der Waals surface area contributed by atoms with Gasteiger partial charge < -0.3 is 10.2 Å². The molecule has 92 valence electrons. The Balaban J connectivity index is 2.20. The van der Waals surface area contributed by atoms with Gasteiger partial charge in [0.05, 0.1) is 0 Å². The molecule has 0 saturated carbocycles. The maximum atomic E-state index is 12.4. The molecule has 3 nitrogen and oxygen atoms in total. The summed E-state index contributed by atoms with van der Waals surface area (Å²) in [6.45, 7) is 7.61. The number of rotatable bonds is 1. The predicted molar refractivity (Wildman–Crippen MR) is 69.3 cm³/mol. The first-order valence-corrected chi connectivity index (χ1v) is 6.26. The molecule has 0 aromatic heterocycles. The summed E-state index contributed by atoms with van der Waals surface area (Å²) < 4.78 is 0. The Hall–Kier alpha value is -1.35. The fourth-order valence-corrected chi connectivity index (χ4v) is 2.19. The summed E-state index contributed by atoms with van der Waals surface area (Å²) in [5.41, 5.74) is 3.07. The average Bonchev–Trinajstić information content (AvgIpc) is 2.60. The summed E-state index contributed by atoms with van der Waals surface area (Å²) in [6, 6.07) is 6.07. The van der Waals surface area contributed by atoms with Crippen LogP contribution in [-0.2, 0) is 0 Å². The van der Waals surface area contributed by atoms with Crippen LogP contribution in [0.5, 0.6) is 0 Å². The van der Waals surface area contributed by atoms with E-state index in [-0.39, 0.29) is 5.91 Å². The Kier molecular flexibility index (Phi) is 3.79. The van der Waals surface area contributed by atoms with Gasteiger partial charge in [0.25, 0.3) is 5.91 Å². The lowest BCUT2D eigenvalue weighted by atomic mass is 10.0. The fourth-order valence-electron chi connectivity index (χ4n) is 2.19. The number of nitrogens with one attached hydrogen (secondary N) is 1. The molecule has 1 heterocycles. The SMILES string of the molecule is Cc1ccc(C)c(C(=O)N2CCCNCC2)c1. The topological polar surface area (TPSA) is 32.3 Å². The van der Waals surface area contributed by atoms with Gasteiger partial charge in [-0.1, -0.05) is 17.7 Å². The molecule has 2 rings (SSSR count). The van der Waals surface area contributed by atoms with E-state index in [1.54, 1.807) is 0 Å². The highest BCUT2D eigenvalue weighted by molar-refractivity contribution is 5.95. The molecule has 0 radical (unpaired) electrons. The molecule has 0 bridgehead atoms. The molecule has 1 N–H and O–H groups in total. The molecule has 0 spiro atoms. The summed E-state index contributed by atoms with van der Waals surface area (Å²) in [7, 11) is 0. The van der Waals surface area contributed by atoms with Crippen molar-refractivity contribution >= 4 is 5.91 Å². The molecule has 1 saturated heterocycles. The standard InChI is InChI=1S/C14H20N2O/c1-11-4-5-12(2)13(10-11)14(17)16-8-3-6-15-7-9-16/h4-5,10,15H,3,6-9H2,1-2H3. The highest BCUT2D eigenvalue weighted by atomic mass is 16.2. The molecule has 1 aliphatic heterocycles. The minimum Gasteiger partial charge on any atom is -0.337 e. The molecular formula is C14H20N2O. The van der Waals surface area contributed by atoms with Crippen molar-refractivity contribution in [1.29, 1.82) is 0 Å². The van der Waals surface area contributed by atoms with E-state index in [0.717, 1.165) is 49.3 Å². The second-order valence-corrected chi connectivity index (χ2v) is 4.71. The second kappa shape index (κ2) is 5.32. The molecule has 0 atom stereocenters. The summed E-state index contributed by atoms with van der Waals surface area (Å²) in [5.74, 6) is 0.176. The Morgan fingerprint density at radius 3 is 2.88 bits per heavy atom. The van der Waals surface area contributed by atoms with E-state index in [4.69, 9.17) is 0 Å². The number of nitrogens with zero attached hydrogens (tertiary/aromatic N) is 1. The zero-order valence-corrected chi connectivity index (χ0v) is 10.6. The quantitative estimate of drug-likeness (QED) is 0.800. The third kappa shape index (κ3) is 2.86. The van der Waals surface area contributed by atoms with E-state index in [0.29, 0.717) is 0 Å². The fraction of sp³-hybridized carbons (Fsp3) is 0.500. The van der Waals surface area contributed by atoms with Crippen molar-refractivity contribution < 1.29 is 4.79 Å². The molecule has 1 fully saturated rings. The van der Waals surface area contributed by atoms with Crippen molar-refractivity contribution in [1.82, 2.24) is 10.2 Å². The lowest BCUT2D eigenvalue weighted by Crippen LogP contribution is -2.34. The van der Waals surface area contributed by atoms with Crippen molar-refractivity contribution in [2.75, 3.05) is 26.2 Å². The number of aryl methyl sites for hydroxylation is 2. The maximum absolute atomic E-state index is 12.4. The zero-order chi connectivity index (χ0) is 12.3. The van der Waals surface area contributed by atoms with E-state index in [9.17, 15) is 4.79 Å². The molecular weight excluding hydrogens is 212 g/mol. The third-order valence-electron chi connectivity index (χ3n) is 3.25. The van der Waals surface area contributed by atoms with Crippen LogP contribution < -0.4 is 5.32 Å². The monoisotopic (exact) mass is 232 g/mol. The molecule has 3 heteroatoms. The molecule has 1 aromatic carbocycles. The van der Waals surface area contributed by atoms with E-state index < -0.39 is 0 Å². The van der Waals surface area contributed by atoms with Crippen LogP contribution >= 0.6 is 0 Å². The van der Waals surface area contributed by atoms with Gasteiger partial charge in [-0.3, -0.25) is 4.79 Å². The number of hydrogen-bond acceptors (Lipinski definition) is 2. The zero-order valence-electron chi connectivity index (χ0n) is 10.6. The van der Waals surface area contributed by atoms with Crippen molar-refractivity contribution in [2.24, 2.45) is 0 Å². The highest BCUT2D eigenvalue weighted by Crippen LogP contribution is 2.14. The lowest BCUT2D eigenvalue weighted by molar-refractivity contribution is 0.0765. The van der Waals surface area contributed by atoms with Crippen LogP contribution in [0, 0.1) is 13.8 Å². The van der Waals surface area contributed by atoms with Gasteiger partial charge in [-0.15, -0.1) is 0 Å². The Morgan fingerprint density at radius 1 is 1.24 bits per heavy atom. The predicted octanol–water partition coefficient (Wildman–Crippen LogP) is 1.74. The minimum absolute atomic E-state index is 0.176. The number of benzene rings is 1. The van der Waals surface area contributed by atoms with Crippen molar-refractivity contribution in [2.45, 2.75) is 20.3 Å². The maximum Gasteiger partial charge on any atom is 0.254 e. The van der Waals surface area contributed by atoms with Gasteiger partial charge in [0.1, 0.15) is 0 Å². The summed E-state index contributed by atoms with van der Waals surface area (Å²) >= 11 is 0. The summed E-state index contributed by atoms with van der Waals surface area (Å²) in [6.07, 6.45) is 1.04. The van der Waals surface area contributed by atoms with Crippen LogP contribution in [-0.4, -0.2) is 37.0 Å². The number of hydrogen-bond donors (Lipinski definition) is 1. The van der Waals surface area contributed by atoms with E-state index in [1.165, 1.54) is 0 Å². The molecule has 1 amide bonds. The Morgan fingerprint density at radius 2 is 2.06 bits per heavy atom. The number of carbonyl (C=O) groups excluding carboxylic acids is 1. The summed E-state index contributed by atoms with van der Waals surface area (Å²) in [4.78, 5) is 14.4. The first-order chi connectivity index (χ1) is 8.18. The Labute approximate surface area is 103 Å². The second-order valence-electron chi connectivity index (χ2n) is 4.71. The van der Waals surface area contributed by atoms with E-state index >= 15 is 0 Å². The van der Waals surface area contributed by atoms with E-state index in [2.05, 4.69) is 11.4 Å². The van der Waals surface area contributed by atoms with Crippen LogP contribution in [0.2, 0.25) is 0 Å². The molecule has 17 heavy (non-hydrogen) atoms. The van der Waals surface area contributed by atoms with E-state index in [1.807, 2.05) is 30.9 Å². The molecule has 1 aliphatic rings. The normalized spacial score (nSPS) is 16.7. The van der Waals surface area contributed by atoms with Crippen LogP contribution in [0.4, 0.5) is 0 Å². The minimum atomic E-state index is 0.176. The lowest BCUT2D eigenvalue weighted by Gasteiger charge is -2.21. The van der Waals surface area contributed by atoms with Gasteiger partial charge in [0.15, 0.2) is 0 Å². The van der Waals surface area contributed by atoms with Gasteiger partial charge in [0.2, 0.25) is 0 Å². The first-order valence-electron chi connectivity index (χ1n) is 6.26. The van der Waals surface area contributed by atoms with Gasteiger partial charge >= 0.3 is 0 Å². The van der Waals surface area contributed by atoms with Crippen LogP contribution in [0.15, 0.2) is 18.2 Å². The van der Waals surface area contributed by atoms with Crippen molar-refractivity contribution in [3.8, 4) is 0 Å². The largest absolute Gasteiger partial charge is 0.337 e. The Bertz CT molecular complexity index is 407. The van der Waals surface area contributed by atoms with Gasteiger partial charge in [-0.2, -0.15) is 0 Å². The van der Waals surface area contributed by atoms with Gasteiger partial charge in [0, 0.05) is 25.2 Å². The molecule has 1 aromatic rings.